The van der Waals surface area contributed by atoms with Gasteiger partial charge in [-0.25, -0.2) is 4.79 Å². The molecule has 4 aliphatic carbocycles. The van der Waals surface area contributed by atoms with E-state index in [-0.39, 0.29) is 11.4 Å². The van der Waals surface area contributed by atoms with Crippen molar-refractivity contribution < 1.29 is 9.90 Å². The number of carbonyl (C=O) groups is 1. The number of carbonyl (C=O) groups excluding carboxylic acids is 1. The van der Waals surface area contributed by atoms with Gasteiger partial charge in [-0.1, -0.05) is 6.07 Å². The molecule has 5 fully saturated rings. The highest BCUT2D eigenvalue weighted by Crippen LogP contribution is 2.72. The smallest absolute Gasteiger partial charge is 0.320 e. The number of hydrogen-bond acceptors (Lipinski definition) is 4. The van der Waals surface area contributed by atoms with Crippen LogP contribution in [0.15, 0.2) is 18.2 Å². The quantitative estimate of drug-likeness (QED) is 0.698. The first-order chi connectivity index (χ1) is 16.5. The van der Waals surface area contributed by atoms with Gasteiger partial charge in [0, 0.05) is 55.7 Å². The van der Waals surface area contributed by atoms with E-state index >= 15 is 0 Å². The van der Waals surface area contributed by atoms with Crippen LogP contribution in [-0.2, 0) is 11.8 Å². The van der Waals surface area contributed by atoms with Crippen molar-refractivity contribution in [3.05, 3.63) is 29.3 Å². The first-order valence-corrected chi connectivity index (χ1v) is 14.8. The molecule has 0 aromatic heterocycles. The molecular weight excluding hydrogens is 442 g/mol. The maximum absolute atomic E-state index is 13.6. The number of aromatic hydroxyl groups is 1. The van der Waals surface area contributed by atoms with E-state index in [0.717, 1.165) is 43.4 Å². The Morgan fingerprint density at radius 3 is 2.71 bits per heavy atom. The Kier molecular flexibility index (Phi) is 5.01. The lowest BCUT2D eigenvalue weighted by Gasteiger charge is -2.67. The van der Waals surface area contributed by atoms with Gasteiger partial charge in [0.15, 0.2) is 0 Å². The van der Waals surface area contributed by atoms with Gasteiger partial charge in [0.05, 0.1) is 0 Å². The highest BCUT2D eigenvalue weighted by Gasteiger charge is 2.71. The van der Waals surface area contributed by atoms with E-state index in [0.29, 0.717) is 29.2 Å². The molecule has 0 radical (unpaired) electrons. The lowest BCUT2D eigenvalue weighted by Crippen LogP contribution is -2.70. The number of benzene rings is 1. The number of hydrogen-bond donors (Lipinski definition) is 1. The molecule has 1 aromatic rings. The number of likely N-dealkylation sites (tertiary alicyclic amines) is 1. The average molecular weight is 482 g/mol. The fourth-order valence-corrected chi connectivity index (χ4v) is 10.2. The fourth-order valence-electron chi connectivity index (χ4n) is 9.34. The minimum absolute atomic E-state index is 0.110. The largest absolute Gasteiger partial charge is 0.508 e. The lowest BCUT2D eigenvalue weighted by molar-refractivity contribution is -0.104. The highest BCUT2D eigenvalue weighted by atomic mass is 32.2. The first-order valence-electron chi connectivity index (χ1n) is 13.7. The summed E-state index contributed by atoms with van der Waals surface area (Å²) in [6.45, 7) is 4.24. The van der Waals surface area contributed by atoms with Crippen molar-refractivity contribution in [3.63, 3.8) is 0 Å². The number of phenols is 1. The number of phenolic OH excluding ortho intramolecular Hbond substituents is 1. The third-order valence-corrected chi connectivity index (χ3v) is 11.8. The van der Waals surface area contributed by atoms with E-state index in [1.165, 1.54) is 62.7 Å². The Balaban J connectivity index is 1.28. The van der Waals surface area contributed by atoms with Crippen molar-refractivity contribution in [2.24, 2.45) is 17.3 Å². The number of rotatable bonds is 3. The summed E-state index contributed by atoms with van der Waals surface area (Å²) in [5.74, 6) is 3.96. The summed E-state index contributed by atoms with van der Waals surface area (Å²) < 4.78 is 0. The molecule has 2 heterocycles. The van der Waals surface area contributed by atoms with E-state index in [1.807, 2.05) is 17.8 Å². The van der Waals surface area contributed by atoms with Gasteiger partial charge in [-0.05, 0) is 98.4 Å². The molecule has 2 aliphatic heterocycles. The number of amides is 2. The van der Waals surface area contributed by atoms with Crippen LogP contribution in [0.3, 0.4) is 0 Å². The molecule has 7 rings (SSSR count). The van der Waals surface area contributed by atoms with Crippen molar-refractivity contribution in [2.45, 2.75) is 68.9 Å². The molecule has 2 amide bonds. The van der Waals surface area contributed by atoms with Crippen LogP contribution in [-0.4, -0.2) is 82.7 Å². The molecule has 5 atom stereocenters. The first kappa shape index (κ1) is 21.8. The van der Waals surface area contributed by atoms with Gasteiger partial charge in [-0.15, -0.1) is 0 Å². The van der Waals surface area contributed by atoms with Crippen molar-refractivity contribution in [3.8, 4) is 5.75 Å². The standard InChI is InChI=1S/C28H39N3O2S/c1-29(26(33)30-12-14-34-15-13-30)24-7-9-27-8-6-22(24)28(27)10-11-31(18-19-2-3-19)25(27)16-20-4-5-21(32)17-23(20)28/h4-5,17,19,22,24-25,32H,2-3,6-16,18H2,1H3. The van der Waals surface area contributed by atoms with Gasteiger partial charge in [0.2, 0.25) is 0 Å². The fraction of sp³-hybridized carbons (Fsp3) is 0.750. The second-order valence-electron chi connectivity index (χ2n) is 12.1. The summed E-state index contributed by atoms with van der Waals surface area (Å²) in [6.07, 6.45) is 10.0. The number of fused-ring (bicyclic) bond motifs is 1. The van der Waals surface area contributed by atoms with Crippen LogP contribution in [0.2, 0.25) is 0 Å². The Bertz CT molecular complexity index is 992. The van der Waals surface area contributed by atoms with Crippen LogP contribution >= 0.6 is 11.8 Å². The predicted molar refractivity (Wildman–Crippen MR) is 136 cm³/mol. The van der Waals surface area contributed by atoms with Crippen molar-refractivity contribution >= 4 is 17.8 Å². The minimum atomic E-state index is 0.110. The average Bonchev–Trinajstić information content (AvgIpc) is 3.64. The van der Waals surface area contributed by atoms with Crippen LogP contribution in [0.1, 0.15) is 56.1 Å². The molecule has 34 heavy (non-hydrogen) atoms. The zero-order chi connectivity index (χ0) is 23.1. The Morgan fingerprint density at radius 1 is 1.12 bits per heavy atom. The van der Waals surface area contributed by atoms with Gasteiger partial charge < -0.3 is 14.9 Å². The van der Waals surface area contributed by atoms with Gasteiger partial charge >= 0.3 is 6.03 Å². The van der Waals surface area contributed by atoms with Crippen LogP contribution in [0, 0.1) is 17.3 Å². The van der Waals surface area contributed by atoms with Crippen molar-refractivity contribution in [2.75, 3.05) is 44.7 Å². The zero-order valence-corrected chi connectivity index (χ0v) is 21.4. The predicted octanol–water partition coefficient (Wildman–Crippen LogP) is 4.33. The Hall–Kier alpha value is -1.40. The number of urea groups is 1. The molecular formula is C28H39N3O2S. The third kappa shape index (κ3) is 2.93. The third-order valence-electron chi connectivity index (χ3n) is 10.9. The lowest BCUT2D eigenvalue weighted by atomic mass is 9.43. The van der Waals surface area contributed by atoms with Crippen molar-refractivity contribution in [1.82, 2.24) is 14.7 Å². The summed E-state index contributed by atoms with van der Waals surface area (Å²) in [4.78, 5) is 20.7. The molecule has 6 aliphatic rings. The molecule has 2 saturated heterocycles. The number of thioether (sulfide) groups is 1. The molecule has 0 spiro atoms. The van der Waals surface area contributed by atoms with Gasteiger partial charge in [0.1, 0.15) is 5.75 Å². The summed E-state index contributed by atoms with van der Waals surface area (Å²) in [7, 11) is 2.09. The molecule has 6 heteroatoms. The van der Waals surface area contributed by atoms with E-state index in [2.05, 4.69) is 33.9 Å². The summed E-state index contributed by atoms with van der Waals surface area (Å²) in [5.41, 5.74) is 3.33. The molecule has 184 valence electrons. The number of piperidine rings is 1. The second-order valence-corrected chi connectivity index (χ2v) is 13.3. The summed E-state index contributed by atoms with van der Waals surface area (Å²) >= 11 is 1.96. The highest BCUT2D eigenvalue weighted by molar-refractivity contribution is 7.99. The SMILES string of the molecule is CN(C(=O)N1CCSCC1)C1CCC23CCC1C21CCN(CC2CC2)C3Cc2ccc(O)cc21. The Labute approximate surface area is 208 Å². The van der Waals surface area contributed by atoms with Crippen LogP contribution in [0.4, 0.5) is 4.79 Å². The van der Waals surface area contributed by atoms with Gasteiger partial charge in [-0.2, -0.15) is 11.8 Å². The summed E-state index contributed by atoms with van der Waals surface area (Å²) in [5, 5.41) is 10.6. The van der Waals surface area contributed by atoms with E-state index in [9.17, 15) is 9.90 Å². The van der Waals surface area contributed by atoms with Gasteiger partial charge in [-0.3, -0.25) is 4.90 Å². The van der Waals surface area contributed by atoms with Gasteiger partial charge in [0.25, 0.3) is 0 Å². The minimum Gasteiger partial charge on any atom is -0.508 e. The molecule has 3 saturated carbocycles. The topological polar surface area (TPSA) is 47.0 Å². The van der Waals surface area contributed by atoms with E-state index < -0.39 is 0 Å². The normalized spacial score (nSPS) is 38.9. The molecule has 5 unspecified atom stereocenters. The number of nitrogens with zero attached hydrogens (tertiary/aromatic N) is 3. The van der Waals surface area contributed by atoms with Crippen LogP contribution < -0.4 is 0 Å². The maximum Gasteiger partial charge on any atom is 0.320 e. The molecule has 5 nitrogen and oxygen atoms in total. The molecule has 1 aromatic carbocycles. The van der Waals surface area contributed by atoms with Crippen LogP contribution in [0.25, 0.3) is 0 Å². The Morgan fingerprint density at radius 2 is 1.91 bits per heavy atom. The van der Waals surface area contributed by atoms with Crippen molar-refractivity contribution in [1.29, 1.82) is 0 Å². The monoisotopic (exact) mass is 481 g/mol. The van der Waals surface area contributed by atoms with E-state index in [4.69, 9.17) is 0 Å². The zero-order valence-electron chi connectivity index (χ0n) is 20.5. The van der Waals surface area contributed by atoms with E-state index in [1.54, 1.807) is 0 Å². The maximum atomic E-state index is 13.6. The van der Waals surface area contributed by atoms with Crippen LogP contribution in [0.5, 0.6) is 5.75 Å². The summed E-state index contributed by atoms with van der Waals surface area (Å²) in [6, 6.07) is 7.43. The molecule has 1 N–H and O–H groups in total. The second kappa shape index (κ2) is 7.80. The molecule has 4 bridgehead atoms.